The fourth-order valence-electron chi connectivity index (χ4n) is 1.79. The minimum atomic E-state index is -4.65. The Bertz CT molecular complexity index is 636. The van der Waals surface area contributed by atoms with Crippen LogP contribution in [0.1, 0.15) is 12.8 Å². The number of sulfonamides is 1. The summed E-state index contributed by atoms with van der Waals surface area (Å²) in [6, 6.07) is -0.667. The van der Waals surface area contributed by atoms with Crippen molar-refractivity contribution in [1.82, 2.24) is 14.1 Å². The molecule has 11 heteroatoms. The van der Waals surface area contributed by atoms with Crippen LogP contribution in [0, 0.1) is 0 Å². The highest BCUT2D eigenvalue weighted by atomic mass is 32.2. The number of rotatable bonds is 6. The summed E-state index contributed by atoms with van der Waals surface area (Å²) in [6.07, 6.45) is -2.14. The van der Waals surface area contributed by atoms with E-state index < -0.39 is 46.2 Å². The molecule has 1 N–H and O–H groups in total. The molecule has 118 valence electrons. The molecule has 1 heterocycles. The third kappa shape index (κ3) is 3.94. The maximum Gasteiger partial charge on any atom is 0.402 e. The molecule has 1 saturated carbocycles. The van der Waals surface area contributed by atoms with Crippen LogP contribution in [0.3, 0.4) is 0 Å². The predicted octanol–water partition coefficient (Wildman–Crippen LogP) is 0.683. The molecule has 0 saturated heterocycles. The first-order chi connectivity index (χ1) is 9.59. The van der Waals surface area contributed by atoms with Crippen LogP contribution < -0.4 is 0 Å². The van der Waals surface area contributed by atoms with E-state index in [0.29, 0.717) is 17.1 Å². The predicted molar refractivity (Wildman–Crippen MR) is 62.8 cm³/mol. The van der Waals surface area contributed by atoms with Gasteiger partial charge < -0.3 is 5.11 Å². The van der Waals surface area contributed by atoms with E-state index in [-0.39, 0.29) is 0 Å². The molecule has 2 rings (SSSR count). The molecule has 0 spiro atoms. The first kappa shape index (κ1) is 15.8. The standard InChI is InChI=1S/C10H12F3N3O4S/c11-10(12,13)6-16(7-1-2-7)21(19,20)8-3-14-15(4-8)5-9(17)18/h3-4,7H,1-2,5-6H2,(H,17,18). The maximum atomic E-state index is 12.5. The van der Waals surface area contributed by atoms with Crippen molar-refractivity contribution in [2.75, 3.05) is 6.54 Å². The van der Waals surface area contributed by atoms with Crippen molar-refractivity contribution in [1.29, 1.82) is 0 Å². The molecule has 1 aliphatic carbocycles. The second-order valence-corrected chi connectivity index (χ2v) is 6.55. The molecule has 7 nitrogen and oxygen atoms in total. The van der Waals surface area contributed by atoms with Crippen LogP contribution in [0.2, 0.25) is 0 Å². The van der Waals surface area contributed by atoms with E-state index in [0.717, 1.165) is 17.1 Å². The van der Waals surface area contributed by atoms with Gasteiger partial charge in [0, 0.05) is 12.2 Å². The Balaban J connectivity index is 2.26. The molecule has 0 amide bonds. The second kappa shape index (κ2) is 5.30. The van der Waals surface area contributed by atoms with E-state index in [4.69, 9.17) is 5.11 Å². The fourth-order valence-corrected chi connectivity index (χ4v) is 3.41. The molecule has 0 aromatic carbocycles. The van der Waals surface area contributed by atoms with Crippen LogP contribution in [0.4, 0.5) is 13.2 Å². The molecule has 21 heavy (non-hydrogen) atoms. The molecule has 1 aliphatic rings. The van der Waals surface area contributed by atoms with Crippen molar-refractivity contribution < 1.29 is 31.5 Å². The van der Waals surface area contributed by atoms with Gasteiger partial charge in [-0.05, 0) is 12.8 Å². The lowest BCUT2D eigenvalue weighted by Crippen LogP contribution is -2.40. The Kier molecular flexibility index (Phi) is 3.97. The first-order valence-electron chi connectivity index (χ1n) is 5.92. The van der Waals surface area contributed by atoms with Gasteiger partial charge in [0.15, 0.2) is 0 Å². The smallest absolute Gasteiger partial charge is 0.402 e. The quantitative estimate of drug-likeness (QED) is 0.829. The lowest BCUT2D eigenvalue weighted by Gasteiger charge is -2.22. The van der Waals surface area contributed by atoms with Crippen molar-refractivity contribution in [3.05, 3.63) is 12.4 Å². The highest BCUT2D eigenvalue weighted by Crippen LogP contribution is 2.34. The monoisotopic (exact) mass is 327 g/mol. The van der Waals surface area contributed by atoms with Gasteiger partial charge in [-0.1, -0.05) is 0 Å². The summed E-state index contributed by atoms with van der Waals surface area (Å²) < 4.78 is 63.2. The van der Waals surface area contributed by atoms with Crippen molar-refractivity contribution >= 4 is 16.0 Å². The summed E-state index contributed by atoms with van der Waals surface area (Å²) >= 11 is 0. The molecule has 1 aromatic heterocycles. The van der Waals surface area contributed by atoms with E-state index in [1.54, 1.807) is 0 Å². The Hall–Kier alpha value is -1.62. The number of aliphatic carboxylic acids is 1. The maximum absolute atomic E-state index is 12.5. The highest BCUT2D eigenvalue weighted by Gasteiger charge is 2.45. The third-order valence-corrected chi connectivity index (χ3v) is 4.65. The second-order valence-electron chi connectivity index (χ2n) is 4.66. The van der Waals surface area contributed by atoms with Crippen molar-refractivity contribution in [2.24, 2.45) is 0 Å². The van der Waals surface area contributed by atoms with Crippen LogP contribution in [0.25, 0.3) is 0 Å². The fraction of sp³-hybridized carbons (Fsp3) is 0.600. The lowest BCUT2D eigenvalue weighted by atomic mass is 10.6. The molecule has 0 radical (unpaired) electrons. The number of nitrogens with zero attached hydrogens (tertiary/aromatic N) is 3. The topological polar surface area (TPSA) is 92.5 Å². The molecule has 0 aliphatic heterocycles. The first-order valence-corrected chi connectivity index (χ1v) is 7.36. The Morgan fingerprint density at radius 3 is 2.57 bits per heavy atom. The van der Waals surface area contributed by atoms with Gasteiger partial charge in [-0.15, -0.1) is 0 Å². The van der Waals surface area contributed by atoms with Crippen molar-refractivity contribution in [3.8, 4) is 0 Å². The number of hydrogen-bond acceptors (Lipinski definition) is 4. The van der Waals surface area contributed by atoms with Crippen molar-refractivity contribution in [2.45, 2.75) is 36.5 Å². The van der Waals surface area contributed by atoms with Crippen LogP contribution >= 0.6 is 0 Å². The summed E-state index contributed by atoms with van der Waals surface area (Å²) in [4.78, 5) is 10.1. The minimum Gasteiger partial charge on any atom is -0.480 e. The average Bonchev–Trinajstić information content (AvgIpc) is 3.04. The minimum absolute atomic E-state index is 0.374. The zero-order valence-corrected chi connectivity index (χ0v) is 11.4. The summed E-state index contributed by atoms with van der Waals surface area (Å²) in [5.41, 5.74) is 0. The average molecular weight is 327 g/mol. The summed E-state index contributed by atoms with van der Waals surface area (Å²) in [6.45, 7) is -2.14. The number of carboxylic acid groups (broad SMARTS) is 1. The molecule has 1 fully saturated rings. The summed E-state index contributed by atoms with van der Waals surface area (Å²) in [5.74, 6) is -1.24. The number of carbonyl (C=O) groups is 1. The largest absolute Gasteiger partial charge is 0.480 e. The van der Waals surface area contributed by atoms with E-state index in [1.807, 2.05) is 0 Å². The normalized spacial score (nSPS) is 16.4. The molecule has 1 aromatic rings. The Labute approximate surface area is 118 Å². The number of halogens is 3. The Morgan fingerprint density at radius 1 is 1.48 bits per heavy atom. The highest BCUT2D eigenvalue weighted by molar-refractivity contribution is 7.89. The van der Waals surface area contributed by atoms with E-state index in [1.165, 1.54) is 0 Å². The number of carboxylic acids is 1. The summed E-state index contributed by atoms with van der Waals surface area (Å²) in [7, 11) is -4.35. The van der Waals surface area contributed by atoms with Gasteiger partial charge in [-0.3, -0.25) is 9.48 Å². The molecular formula is C10H12F3N3O4S. The van der Waals surface area contributed by atoms with Gasteiger partial charge in [-0.2, -0.15) is 22.6 Å². The Morgan fingerprint density at radius 2 is 2.10 bits per heavy atom. The van der Waals surface area contributed by atoms with Gasteiger partial charge in [0.05, 0.1) is 6.20 Å². The zero-order chi connectivity index (χ0) is 15.8. The third-order valence-electron chi connectivity index (χ3n) is 2.80. The van der Waals surface area contributed by atoms with Gasteiger partial charge in [0.1, 0.15) is 18.0 Å². The lowest BCUT2D eigenvalue weighted by molar-refractivity contribution is -0.138. The zero-order valence-electron chi connectivity index (χ0n) is 10.6. The summed E-state index contributed by atoms with van der Waals surface area (Å²) in [5, 5.41) is 12.1. The van der Waals surface area contributed by atoms with Gasteiger partial charge in [0.25, 0.3) is 0 Å². The number of aromatic nitrogens is 2. The van der Waals surface area contributed by atoms with Crippen LogP contribution in [0.15, 0.2) is 17.3 Å². The van der Waals surface area contributed by atoms with Gasteiger partial charge >= 0.3 is 12.1 Å². The number of alkyl halides is 3. The van der Waals surface area contributed by atoms with Gasteiger partial charge in [0.2, 0.25) is 10.0 Å². The van der Waals surface area contributed by atoms with E-state index in [2.05, 4.69) is 5.10 Å². The van der Waals surface area contributed by atoms with E-state index in [9.17, 15) is 26.4 Å². The van der Waals surface area contributed by atoms with Crippen LogP contribution in [-0.4, -0.2) is 52.3 Å². The SMILES string of the molecule is O=C(O)Cn1cc(S(=O)(=O)N(CC(F)(F)F)C2CC2)cn1. The van der Waals surface area contributed by atoms with Crippen LogP contribution in [0.5, 0.6) is 0 Å². The van der Waals surface area contributed by atoms with Crippen molar-refractivity contribution in [3.63, 3.8) is 0 Å². The molecule has 0 atom stereocenters. The van der Waals surface area contributed by atoms with Gasteiger partial charge in [-0.25, -0.2) is 8.42 Å². The van der Waals surface area contributed by atoms with Crippen LogP contribution in [-0.2, 0) is 21.4 Å². The molecule has 0 unspecified atom stereocenters. The molecule has 0 bridgehead atoms. The molecular weight excluding hydrogens is 315 g/mol. The number of hydrogen-bond donors (Lipinski definition) is 1. The van der Waals surface area contributed by atoms with E-state index >= 15 is 0 Å².